The minimum atomic E-state index is -3.98. The number of thiophene rings is 3. The van der Waals surface area contributed by atoms with Gasteiger partial charge in [0.05, 0.1) is 37.1 Å². The Labute approximate surface area is 799 Å². The molecule has 3 heterocycles. The second-order valence-corrected chi connectivity index (χ2v) is 53.7. The number of rotatable bonds is 20. The SMILES string of the molecule is CC[C@H]1[C@@H](O)[C@@H]2[C@H](CC[C@]3(C)[C@@H]([C@H](C)CN=C=O)CC[C@@H]23)[C@@]2(C)CC[C@@H](C)C[C@@H]12.CC[C@H]1[C@@H](O)[C@@H]2[C@H](CC[C@]3(C)[C@@H]([C@H](C)CNC(=O)NS(=O)(=O)c4ccc(-c5ccccc5)s4)CC[C@@H]23)[C@@]2(C)CC[C@@H](O)C[C@@H]12.CC[C@H]1[C@@H](O)[C@@H]2[C@H](CC[C@]3(C)[C@@H]([C@H](C)CNC(=O)NS(=O)(=O)c4ccc(-c5ccccc5)s4)CC[C@@H]23)[C@@]2(C)CC[C@@H](O)C[C@@H]12.NS(=O)(=O)c1ccc(-c2ccccc2)s1. The lowest BCUT2D eigenvalue weighted by Gasteiger charge is -2.65. The van der Waals surface area contributed by atoms with Crippen LogP contribution in [0.2, 0.25) is 0 Å². The van der Waals surface area contributed by atoms with E-state index in [4.69, 9.17) is 5.14 Å². The maximum absolute atomic E-state index is 13.0. The molecule has 20 nitrogen and oxygen atoms in total. The summed E-state index contributed by atoms with van der Waals surface area (Å²) in [4.78, 5) is 42.8. The Morgan fingerprint density at radius 1 is 0.409 bits per heavy atom. The second kappa shape index (κ2) is 40.2. The summed E-state index contributed by atoms with van der Waals surface area (Å²) in [5, 5.41) is 67.5. The summed E-state index contributed by atoms with van der Waals surface area (Å²) in [7, 11) is -11.5. The number of benzene rings is 3. The van der Waals surface area contributed by atoms with Crippen LogP contribution < -0.4 is 25.2 Å². The number of primary sulfonamides is 1. The fourth-order valence-electron chi connectivity index (χ4n) is 32.2. The molecule has 26 heteroatoms. The average molecular weight is 1930 g/mol. The molecule has 3 aromatic carbocycles. The zero-order valence-corrected chi connectivity index (χ0v) is 85.1. The monoisotopic (exact) mass is 1920 g/mol. The Morgan fingerprint density at radius 2 is 0.712 bits per heavy atom. The highest BCUT2D eigenvalue weighted by atomic mass is 32.3. The highest BCUT2D eigenvalue weighted by Gasteiger charge is 2.69. The van der Waals surface area contributed by atoms with Gasteiger partial charge in [-0.2, -0.15) is 0 Å². The summed E-state index contributed by atoms with van der Waals surface area (Å²) in [6.07, 6.45) is 26.8. The van der Waals surface area contributed by atoms with E-state index in [1.165, 1.54) is 62.3 Å². The largest absolute Gasteiger partial charge is 0.393 e. The first kappa shape index (κ1) is 101. The van der Waals surface area contributed by atoms with Crippen LogP contribution >= 0.6 is 34.0 Å². The molecule has 0 radical (unpaired) electrons. The highest BCUT2D eigenvalue weighted by molar-refractivity contribution is 7.92. The van der Waals surface area contributed by atoms with Crippen molar-refractivity contribution in [3.05, 3.63) is 127 Å². The molecular weight excluding hydrogens is 1770 g/mol. The molecule has 33 atom stereocenters. The van der Waals surface area contributed by atoms with Gasteiger partial charge < -0.3 is 36.2 Å². The number of aliphatic hydroxyl groups excluding tert-OH is 5. The lowest BCUT2D eigenvalue weighted by atomic mass is 9.41. The smallest absolute Gasteiger partial charge is 0.328 e. The summed E-state index contributed by atoms with van der Waals surface area (Å²) in [5.74, 6) is 9.61. The fraction of sp³-hybridized carbons (Fsp3) is 0.689. The lowest BCUT2D eigenvalue weighted by molar-refractivity contribution is -0.203. The van der Waals surface area contributed by atoms with Gasteiger partial charge in [-0.15, -0.1) is 34.0 Å². The maximum Gasteiger partial charge on any atom is 0.328 e. The number of hydrogen-bond donors (Lipinski definition) is 10. The van der Waals surface area contributed by atoms with Crippen molar-refractivity contribution >= 4 is 82.2 Å². The van der Waals surface area contributed by atoms with Gasteiger partial charge in [0.2, 0.25) is 16.1 Å². The molecule has 4 amide bonds. The predicted octanol–water partition coefficient (Wildman–Crippen LogP) is 21.3. The van der Waals surface area contributed by atoms with Gasteiger partial charge in [0.15, 0.2) is 0 Å². The third-order valence-electron chi connectivity index (χ3n) is 38.5. The van der Waals surface area contributed by atoms with Crippen molar-refractivity contribution < 1.29 is 65.2 Å². The van der Waals surface area contributed by atoms with Crippen molar-refractivity contribution in [2.24, 2.45) is 173 Å². The van der Waals surface area contributed by atoms with Crippen molar-refractivity contribution in [2.75, 3.05) is 19.6 Å². The van der Waals surface area contributed by atoms with Gasteiger partial charge in [-0.05, 0) is 344 Å². The Hall–Kier alpha value is -5.71. The highest BCUT2D eigenvalue weighted by Crippen LogP contribution is 2.74. The van der Waals surface area contributed by atoms with Crippen molar-refractivity contribution in [1.82, 2.24) is 20.1 Å². The molecule has 12 aliphatic rings. The molecule has 11 N–H and O–H groups in total. The molecule has 18 rings (SSSR count). The number of nitrogens with two attached hydrogens (primary N) is 1. The number of sulfonamides is 3. The van der Waals surface area contributed by atoms with Gasteiger partial charge in [0.25, 0.3) is 20.0 Å². The number of fused-ring (bicyclic) bond motifs is 15. The van der Waals surface area contributed by atoms with Crippen LogP contribution in [0.1, 0.15) is 244 Å². The minimum Gasteiger partial charge on any atom is -0.393 e. The molecule has 0 aliphatic heterocycles. The van der Waals surface area contributed by atoms with E-state index in [0.29, 0.717) is 119 Å². The van der Waals surface area contributed by atoms with E-state index < -0.39 is 42.1 Å². The molecule has 0 unspecified atom stereocenters. The van der Waals surface area contributed by atoms with Crippen LogP contribution in [0.4, 0.5) is 9.59 Å². The lowest BCUT2D eigenvalue weighted by Crippen LogP contribution is -2.62. The third kappa shape index (κ3) is 19.4. The summed E-state index contributed by atoms with van der Waals surface area (Å²) in [5.41, 5.74) is 4.08. The first-order valence-corrected chi connectivity index (χ1v) is 57.1. The first-order chi connectivity index (χ1) is 62.6. The van der Waals surface area contributed by atoms with Gasteiger partial charge in [-0.1, -0.05) is 207 Å². The number of carbonyl (C=O) groups excluding carboxylic acids is 3. The normalized spacial score (nSPS) is 38.9. The Bertz CT molecular complexity index is 5150. The third-order valence-corrected chi connectivity index (χ3v) is 47.0. The molecule has 132 heavy (non-hydrogen) atoms. The van der Waals surface area contributed by atoms with Crippen molar-refractivity contribution in [3.63, 3.8) is 0 Å². The number of aliphatic hydroxyl groups is 5. The van der Waals surface area contributed by atoms with Crippen LogP contribution in [0.15, 0.2) is 145 Å². The zero-order chi connectivity index (χ0) is 94.7. The summed E-state index contributed by atoms with van der Waals surface area (Å²) in [6, 6.07) is 37.3. The van der Waals surface area contributed by atoms with Crippen molar-refractivity contribution in [1.29, 1.82) is 0 Å². The maximum atomic E-state index is 13.0. The molecule has 0 saturated heterocycles. The van der Waals surface area contributed by atoms with E-state index in [1.807, 2.05) is 91.0 Å². The first-order valence-electron chi connectivity index (χ1n) is 50.2. The average Bonchev–Trinajstić information content (AvgIpc) is 1.32. The van der Waals surface area contributed by atoms with E-state index in [0.717, 1.165) is 169 Å². The summed E-state index contributed by atoms with van der Waals surface area (Å²) < 4.78 is 78.9. The van der Waals surface area contributed by atoms with E-state index in [2.05, 4.69) is 115 Å². The second-order valence-electron chi connectivity index (χ2n) is 44.8. The van der Waals surface area contributed by atoms with Crippen LogP contribution in [-0.2, 0) is 34.9 Å². The van der Waals surface area contributed by atoms with Gasteiger partial charge in [0, 0.05) is 27.7 Å². The number of urea groups is 2. The molecule has 12 aliphatic carbocycles. The van der Waals surface area contributed by atoms with Crippen LogP contribution in [0.3, 0.4) is 0 Å². The van der Waals surface area contributed by atoms with Crippen molar-refractivity contribution in [2.45, 2.75) is 287 Å². The van der Waals surface area contributed by atoms with Gasteiger partial charge >= 0.3 is 12.1 Å². The molecule has 6 aromatic rings. The number of isocyanates is 1. The number of nitrogens with one attached hydrogen (secondary N) is 4. The van der Waals surface area contributed by atoms with Crippen LogP contribution in [-0.4, -0.2) is 119 Å². The summed E-state index contributed by atoms with van der Waals surface area (Å²) >= 11 is 3.47. The van der Waals surface area contributed by atoms with Crippen LogP contribution in [0, 0.1) is 163 Å². The van der Waals surface area contributed by atoms with Crippen LogP contribution in [0.5, 0.6) is 0 Å². The topological polar surface area (TPSA) is 341 Å². The van der Waals surface area contributed by atoms with E-state index in [9.17, 15) is 65.2 Å². The number of carbonyl (C=O) groups is 2. The fourth-order valence-corrected chi connectivity index (χ4v) is 38.4. The Balaban J connectivity index is 0.000000142. The Morgan fingerprint density at radius 3 is 1.04 bits per heavy atom. The van der Waals surface area contributed by atoms with Gasteiger partial charge in [0.1, 0.15) is 12.6 Å². The van der Waals surface area contributed by atoms with Crippen LogP contribution in [0.25, 0.3) is 31.3 Å². The van der Waals surface area contributed by atoms with E-state index >= 15 is 0 Å². The molecule has 3 aromatic heterocycles. The number of aliphatic imine (C=N–C) groups is 1. The summed E-state index contributed by atoms with van der Waals surface area (Å²) in [6.45, 7) is 32.1. The molecule has 12 fully saturated rings. The van der Waals surface area contributed by atoms with Gasteiger partial charge in [-0.3, -0.25) is 0 Å². The number of amides is 4. The van der Waals surface area contributed by atoms with Crippen molar-refractivity contribution in [3.8, 4) is 31.3 Å². The quantitative estimate of drug-likeness (QED) is 0.0251. The van der Waals surface area contributed by atoms with E-state index in [1.54, 1.807) is 36.4 Å². The molecule has 0 bridgehead atoms. The zero-order valence-electron chi connectivity index (χ0n) is 80.2. The molecular formula is C106H152N6O14S6. The molecule has 12 saturated carbocycles. The molecule has 726 valence electrons. The number of nitrogens with zero attached hydrogens (tertiary/aromatic N) is 1. The standard InChI is InChI=1S/2C35H50N2O5S2.C26H43NO2.C10H9NO2S2/c2*1-5-24-28-19-23(38)15-17-35(28,4)27-16-18-34(3)25(11-12-26(34)31(27)32(24)39)21(2)20-36-33(40)37-44(41,42)30-14-13-29(43-30)22-9-7-6-8-10-22;1-6-18-22-13-16(2)9-11-26(22,5)21-10-12-25(4)19(17(3)14-27-15-28)7-8-20(25)23(21)24(18)29;11-15(12,13)10-7-6-9(14-10)8-4-2-1-3-5-8/h2*6-10,13-14,21,23-28,31-32,38-39H,5,11-12,15-20H2,1-4H3,(H2,36,37,40);16-24,29H,6-14H2,1-5H3;1-7H,(H2,11,12,13)/t2*21-,23-,24-,25-,26+,27+,28+,31+,32-,34-,35-;16-,17-,18-,19-,20+,21+,22+,23+,24-,25-,26-;/m111./s1. The number of hydrogen-bond acceptors (Lipinski definition) is 18. The van der Waals surface area contributed by atoms with E-state index in [-0.39, 0.29) is 100 Å². The Kier molecular flexibility index (Phi) is 30.7. The van der Waals surface area contributed by atoms with Gasteiger partial charge in [-0.25, -0.2) is 59.2 Å². The predicted molar refractivity (Wildman–Crippen MR) is 527 cm³/mol. The molecule has 0 spiro atoms. The minimum absolute atomic E-state index is 0.0757.